The fourth-order valence-electron chi connectivity index (χ4n) is 3.11. The molecule has 0 aromatic heterocycles. The topological polar surface area (TPSA) is 38.5 Å². The van der Waals surface area contributed by atoms with Crippen LogP contribution in [0.5, 0.6) is 0 Å². The number of hydrogen-bond donors (Lipinski definition) is 1. The van der Waals surface area contributed by atoms with Crippen LogP contribution in [0.3, 0.4) is 0 Å². The van der Waals surface area contributed by atoms with E-state index in [0.29, 0.717) is 13.0 Å². The van der Waals surface area contributed by atoms with Crippen molar-refractivity contribution in [3.8, 4) is 0 Å². The molecule has 3 nitrogen and oxygen atoms in total. The van der Waals surface area contributed by atoms with Gasteiger partial charge in [0.1, 0.15) is 0 Å². The Morgan fingerprint density at radius 2 is 1.74 bits per heavy atom. The molecule has 2 N–H and O–H groups in total. The minimum atomic E-state index is -4.07. The van der Waals surface area contributed by atoms with Crippen molar-refractivity contribution in [2.24, 2.45) is 5.73 Å². The molecule has 0 aromatic carbocycles. The minimum absolute atomic E-state index is 0.143. The van der Waals surface area contributed by atoms with E-state index in [1.165, 1.54) is 0 Å². The van der Waals surface area contributed by atoms with Gasteiger partial charge in [0.05, 0.1) is 12.2 Å². The second-order valence-electron chi connectivity index (χ2n) is 6.03. The lowest BCUT2D eigenvalue weighted by Crippen LogP contribution is -2.58. The Kier molecular flexibility index (Phi) is 4.42. The van der Waals surface area contributed by atoms with Gasteiger partial charge in [-0.3, -0.25) is 4.90 Å². The first-order valence-electron chi connectivity index (χ1n) is 7.00. The van der Waals surface area contributed by atoms with E-state index in [9.17, 15) is 13.2 Å². The first kappa shape index (κ1) is 15.1. The molecule has 3 unspecified atom stereocenters. The molecule has 0 aliphatic carbocycles. The van der Waals surface area contributed by atoms with Gasteiger partial charge >= 0.3 is 6.18 Å². The van der Waals surface area contributed by atoms with E-state index >= 15 is 0 Å². The van der Waals surface area contributed by atoms with Crippen molar-refractivity contribution >= 4 is 0 Å². The summed E-state index contributed by atoms with van der Waals surface area (Å²) in [6, 6.07) is 0. The van der Waals surface area contributed by atoms with E-state index in [4.69, 9.17) is 10.5 Å². The molecule has 0 amide bonds. The van der Waals surface area contributed by atoms with Gasteiger partial charge in [-0.25, -0.2) is 0 Å². The number of nitrogens with zero attached hydrogens (tertiary/aromatic N) is 1. The molecule has 19 heavy (non-hydrogen) atoms. The Morgan fingerprint density at radius 1 is 1.16 bits per heavy atom. The Labute approximate surface area is 112 Å². The number of likely N-dealkylation sites (tertiary alicyclic amines) is 1. The van der Waals surface area contributed by atoms with Crippen LogP contribution in [0.2, 0.25) is 0 Å². The van der Waals surface area contributed by atoms with Crippen LogP contribution in [-0.4, -0.2) is 48.5 Å². The number of hydrogen-bond acceptors (Lipinski definition) is 3. The summed E-state index contributed by atoms with van der Waals surface area (Å²) in [5.74, 6) is 0. The van der Waals surface area contributed by atoms with Crippen LogP contribution in [0.25, 0.3) is 0 Å². The van der Waals surface area contributed by atoms with E-state index in [0.717, 1.165) is 25.9 Å². The number of halogens is 3. The van der Waals surface area contributed by atoms with Gasteiger partial charge in [-0.1, -0.05) is 0 Å². The van der Waals surface area contributed by atoms with Gasteiger partial charge in [-0.15, -0.1) is 0 Å². The summed E-state index contributed by atoms with van der Waals surface area (Å²) in [7, 11) is 0. The predicted molar refractivity (Wildman–Crippen MR) is 66.8 cm³/mol. The molecule has 0 radical (unpaired) electrons. The van der Waals surface area contributed by atoms with Crippen molar-refractivity contribution in [3.05, 3.63) is 0 Å². The van der Waals surface area contributed by atoms with Crippen molar-refractivity contribution in [3.63, 3.8) is 0 Å². The van der Waals surface area contributed by atoms with Gasteiger partial charge in [-0.05, 0) is 32.6 Å². The van der Waals surface area contributed by atoms with Crippen molar-refractivity contribution in [1.82, 2.24) is 4.90 Å². The van der Waals surface area contributed by atoms with Gasteiger partial charge in [-0.2, -0.15) is 13.2 Å². The second kappa shape index (κ2) is 5.58. The highest BCUT2D eigenvalue weighted by atomic mass is 19.4. The zero-order valence-electron chi connectivity index (χ0n) is 11.4. The lowest BCUT2D eigenvalue weighted by molar-refractivity contribution is -0.138. The average Bonchev–Trinajstić information content (AvgIpc) is 2.66. The summed E-state index contributed by atoms with van der Waals surface area (Å²) in [5, 5.41) is 0. The van der Waals surface area contributed by atoms with Gasteiger partial charge < -0.3 is 10.5 Å². The Bertz CT molecular complexity index is 299. The summed E-state index contributed by atoms with van der Waals surface area (Å²) < 4.78 is 42.5. The lowest BCUT2D eigenvalue weighted by atomic mass is 9.91. The second-order valence-corrected chi connectivity index (χ2v) is 6.03. The van der Waals surface area contributed by atoms with E-state index in [1.807, 2.05) is 6.92 Å². The summed E-state index contributed by atoms with van der Waals surface area (Å²) in [6.45, 7) is 3.98. The first-order valence-corrected chi connectivity index (χ1v) is 7.00. The highest BCUT2D eigenvalue weighted by molar-refractivity contribution is 4.95. The maximum atomic E-state index is 12.2. The van der Waals surface area contributed by atoms with Crippen LogP contribution in [-0.2, 0) is 4.74 Å². The van der Waals surface area contributed by atoms with Gasteiger partial charge in [0.25, 0.3) is 0 Å². The SMILES string of the molecule is CC(CN)(CCCC(F)(F)F)N1CC2CCC(C1)O2. The third kappa shape index (κ3) is 3.83. The van der Waals surface area contributed by atoms with E-state index in [1.54, 1.807) is 0 Å². The number of rotatable bonds is 5. The fraction of sp³-hybridized carbons (Fsp3) is 1.00. The van der Waals surface area contributed by atoms with Gasteiger partial charge in [0, 0.05) is 31.6 Å². The third-order valence-electron chi connectivity index (χ3n) is 4.42. The lowest BCUT2D eigenvalue weighted by Gasteiger charge is -2.45. The molecule has 2 rings (SSSR count). The fourth-order valence-corrected chi connectivity index (χ4v) is 3.11. The van der Waals surface area contributed by atoms with E-state index < -0.39 is 12.6 Å². The molecule has 6 heteroatoms. The number of ether oxygens (including phenoxy) is 1. The Balaban J connectivity index is 1.90. The summed E-state index contributed by atoms with van der Waals surface area (Å²) in [4.78, 5) is 2.25. The molecule has 2 heterocycles. The molecule has 2 bridgehead atoms. The summed E-state index contributed by atoms with van der Waals surface area (Å²) in [5.41, 5.74) is 5.50. The molecule has 2 fully saturated rings. The van der Waals surface area contributed by atoms with Crippen molar-refractivity contribution in [2.75, 3.05) is 19.6 Å². The Hall–Kier alpha value is -0.330. The van der Waals surface area contributed by atoms with Crippen LogP contribution >= 0.6 is 0 Å². The van der Waals surface area contributed by atoms with Gasteiger partial charge in [0.15, 0.2) is 0 Å². The Morgan fingerprint density at radius 3 is 2.21 bits per heavy atom. The predicted octanol–water partition coefficient (Wildman–Crippen LogP) is 2.30. The standard InChI is InChI=1S/C13H23F3N2O/c1-12(9-17,5-2-6-13(14,15)16)18-7-10-3-4-11(8-18)19-10/h10-11H,2-9,17H2,1H3. The van der Waals surface area contributed by atoms with E-state index in [2.05, 4.69) is 4.90 Å². The average molecular weight is 280 g/mol. The van der Waals surface area contributed by atoms with Crippen LogP contribution in [0.1, 0.15) is 39.0 Å². The summed E-state index contributed by atoms with van der Waals surface area (Å²) in [6.07, 6.45) is -1.56. The van der Waals surface area contributed by atoms with Crippen molar-refractivity contribution in [1.29, 1.82) is 0 Å². The first-order chi connectivity index (χ1) is 8.82. The normalized spacial score (nSPS) is 31.4. The summed E-state index contributed by atoms with van der Waals surface area (Å²) >= 11 is 0. The monoisotopic (exact) mass is 280 g/mol. The number of nitrogens with two attached hydrogens (primary N) is 1. The molecule has 2 aliphatic rings. The van der Waals surface area contributed by atoms with E-state index in [-0.39, 0.29) is 24.2 Å². The molecule has 112 valence electrons. The maximum Gasteiger partial charge on any atom is 0.389 e. The molecule has 2 aliphatic heterocycles. The zero-order valence-corrected chi connectivity index (χ0v) is 11.4. The molecule has 0 saturated carbocycles. The van der Waals surface area contributed by atoms with Crippen LogP contribution in [0.4, 0.5) is 13.2 Å². The zero-order chi connectivity index (χ0) is 14.1. The van der Waals surface area contributed by atoms with Crippen LogP contribution in [0.15, 0.2) is 0 Å². The molecule has 0 spiro atoms. The number of alkyl halides is 3. The molecule has 3 atom stereocenters. The highest BCUT2D eigenvalue weighted by Crippen LogP contribution is 2.33. The molecule has 0 aromatic rings. The third-order valence-corrected chi connectivity index (χ3v) is 4.42. The maximum absolute atomic E-state index is 12.2. The minimum Gasteiger partial charge on any atom is -0.372 e. The molecular formula is C13H23F3N2O. The smallest absolute Gasteiger partial charge is 0.372 e. The highest BCUT2D eigenvalue weighted by Gasteiger charge is 2.41. The largest absolute Gasteiger partial charge is 0.389 e. The van der Waals surface area contributed by atoms with Crippen LogP contribution < -0.4 is 5.73 Å². The number of morpholine rings is 1. The van der Waals surface area contributed by atoms with Crippen LogP contribution in [0, 0.1) is 0 Å². The quantitative estimate of drug-likeness (QED) is 0.840. The molecule has 2 saturated heterocycles. The van der Waals surface area contributed by atoms with Crippen molar-refractivity contribution < 1.29 is 17.9 Å². The number of fused-ring (bicyclic) bond motifs is 2. The van der Waals surface area contributed by atoms with Gasteiger partial charge in [0.2, 0.25) is 0 Å². The molecular weight excluding hydrogens is 257 g/mol. The van der Waals surface area contributed by atoms with Crippen molar-refractivity contribution in [2.45, 2.75) is 63.0 Å².